The van der Waals surface area contributed by atoms with Crippen LogP contribution in [-0.2, 0) is 11.2 Å². The van der Waals surface area contributed by atoms with Gasteiger partial charge in [0.05, 0.1) is 0 Å². The molecular weight excluding hydrogens is 378 g/mol. The molecule has 2 fully saturated rings. The lowest BCUT2D eigenvalue weighted by molar-refractivity contribution is -0.137. The molecule has 0 aromatic carbocycles. The Balaban J connectivity index is 1.32. The summed E-state index contributed by atoms with van der Waals surface area (Å²) in [6, 6.07) is 5.70. The zero-order valence-corrected chi connectivity index (χ0v) is 17.7. The van der Waals surface area contributed by atoms with E-state index in [2.05, 4.69) is 25.2 Å². The van der Waals surface area contributed by atoms with Crippen molar-refractivity contribution in [2.45, 2.75) is 64.3 Å². The zero-order chi connectivity index (χ0) is 20.9. The molecule has 2 aliphatic rings. The summed E-state index contributed by atoms with van der Waals surface area (Å²) in [5, 5.41) is 3.49. The Morgan fingerprint density at radius 3 is 2.60 bits per heavy atom. The molecule has 1 saturated carbocycles. The molecule has 160 valence electrons. The van der Waals surface area contributed by atoms with Crippen molar-refractivity contribution < 1.29 is 4.79 Å². The lowest BCUT2D eigenvalue weighted by atomic mass is 9.87. The summed E-state index contributed by atoms with van der Waals surface area (Å²) in [5.74, 6) is 1.98. The lowest BCUT2D eigenvalue weighted by Gasteiger charge is -2.35. The molecular formula is C23H31N5O2. The van der Waals surface area contributed by atoms with Crippen molar-refractivity contribution in [1.29, 1.82) is 0 Å². The van der Waals surface area contributed by atoms with Crippen molar-refractivity contribution in [3.8, 4) is 11.4 Å². The van der Waals surface area contributed by atoms with Crippen molar-refractivity contribution in [3.05, 3.63) is 40.4 Å². The number of aryl methyl sites for hydroxylation is 1. The number of anilines is 1. The Morgan fingerprint density at radius 1 is 1.17 bits per heavy atom. The van der Waals surface area contributed by atoms with Crippen LogP contribution in [0.4, 0.5) is 5.82 Å². The summed E-state index contributed by atoms with van der Waals surface area (Å²) in [6.45, 7) is 3.62. The van der Waals surface area contributed by atoms with E-state index < -0.39 is 0 Å². The number of pyridine rings is 1. The minimum absolute atomic E-state index is 0.145. The molecule has 0 bridgehead atoms. The predicted molar refractivity (Wildman–Crippen MR) is 117 cm³/mol. The molecule has 2 aromatic heterocycles. The normalized spacial score (nSPS) is 18.4. The average Bonchev–Trinajstić information content (AvgIpc) is 2.80. The number of carbonyl (C=O) groups is 1. The third kappa shape index (κ3) is 4.89. The maximum Gasteiger partial charge on any atom is 0.251 e. The lowest BCUT2D eigenvalue weighted by Crippen LogP contribution is -2.45. The van der Waals surface area contributed by atoms with Crippen LogP contribution < -0.4 is 10.9 Å². The Labute approximate surface area is 177 Å². The number of aromatic amines is 1. The van der Waals surface area contributed by atoms with E-state index in [4.69, 9.17) is 0 Å². The molecule has 30 heavy (non-hydrogen) atoms. The third-order valence-corrected chi connectivity index (χ3v) is 6.31. The van der Waals surface area contributed by atoms with Crippen LogP contribution >= 0.6 is 0 Å². The van der Waals surface area contributed by atoms with Gasteiger partial charge in [-0.15, -0.1) is 0 Å². The molecule has 0 atom stereocenters. The maximum absolute atomic E-state index is 12.7. The number of nitrogens with zero attached hydrogens (tertiary/aromatic N) is 3. The van der Waals surface area contributed by atoms with Gasteiger partial charge in [-0.2, -0.15) is 0 Å². The summed E-state index contributed by atoms with van der Waals surface area (Å²) < 4.78 is 0. The van der Waals surface area contributed by atoms with Crippen molar-refractivity contribution >= 4 is 11.7 Å². The largest absolute Gasteiger partial charge is 0.367 e. The highest BCUT2D eigenvalue weighted by molar-refractivity contribution is 5.79. The van der Waals surface area contributed by atoms with Gasteiger partial charge in [-0.25, -0.2) is 9.97 Å². The van der Waals surface area contributed by atoms with Gasteiger partial charge in [0, 0.05) is 48.6 Å². The van der Waals surface area contributed by atoms with Gasteiger partial charge in [-0.05, 0) is 44.2 Å². The molecule has 1 amide bonds. The van der Waals surface area contributed by atoms with Gasteiger partial charge < -0.3 is 15.2 Å². The molecule has 1 aliphatic heterocycles. The number of piperidine rings is 1. The third-order valence-electron chi connectivity index (χ3n) is 6.31. The van der Waals surface area contributed by atoms with Crippen molar-refractivity contribution in [1.82, 2.24) is 19.9 Å². The van der Waals surface area contributed by atoms with Gasteiger partial charge in [0.15, 0.2) is 0 Å². The van der Waals surface area contributed by atoms with Gasteiger partial charge >= 0.3 is 0 Å². The fourth-order valence-electron chi connectivity index (χ4n) is 4.51. The first-order chi connectivity index (χ1) is 14.6. The number of nitrogens with one attached hydrogen (secondary N) is 2. The molecule has 0 unspecified atom stereocenters. The van der Waals surface area contributed by atoms with Gasteiger partial charge in [-0.3, -0.25) is 9.59 Å². The van der Waals surface area contributed by atoms with E-state index in [-0.39, 0.29) is 11.5 Å². The van der Waals surface area contributed by atoms with Crippen LogP contribution in [-0.4, -0.2) is 44.9 Å². The Bertz CT molecular complexity index is 910. The quantitative estimate of drug-likeness (QED) is 0.790. The summed E-state index contributed by atoms with van der Waals surface area (Å²) in [7, 11) is 0. The number of hydrogen-bond donors (Lipinski definition) is 2. The first-order valence-electron chi connectivity index (χ1n) is 11.2. The fraction of sp³-hybridized carbons (Fsp3) is 0.565. The molecule has 2 N–H and O–H groups in total. The SMILES string of the molecule is CCc1cc(=O)[nH]c(-c2ccc(NC3CCN(C(=O)C4CCCCC4)CC3)nc2)n1. The smallest absolute Gasteiger partial charge is 0.251 e. The predicted octanol–water partition coefficient (Wildman–Crippen LogP) is 3.38. The van der Waals surface area contributed by atoms with E-state index in [9.17, 15) is 9.59 Å². The van der Waals surface area contributed by atoms with Crippen LogP contribution in [0.1, 0.15) is 57.6 Å². The highest BCUT2D eigenvalue weighted by Crippen LogP contribution is 2.27. The first kappa shape index (κ1) is 20.6. The second kappa shape index (κ2) is 9.41. The van der Waals surface area contributed by atoms with E-state index in [1.165, 1.54) is 25.3 Å². The van der Waals surface area contributed by atoms with Gasteiger partial charge in [0.25, 0.3) is 5.56 Å². The van der Waals surface area contributed by atoms with Crippen LogP contribution in [0.5, 0.6) is 0 Å². The van der Waals surface area contributed by atoms with Crippen molar-refractivity contribution in [3.63, 3.8) is 0 Å². The molecule has 0 radical (unpaired) electrons. The van der Waals surface area contributed by atoms with Gasteiger partial charge in [0.2, 0.25) is 5.91 Å². The highest BCUT2D eigenvalue weighted by atomic mass is 16.2. The second-order valence-corrected chi connectivity index (χ2v) is 8.45. The van der Waals surface area contributed by atoms with Crippen molar-refractivity contribution in [2.75, 3.05) is 18.4 Å². The standard InChI is InChI=1S/C23H31N5O2/c1-2-18-14-21(29)27-22(26-18)17-8-9-20(24-15-17)25-19-10-12-28(13-11-19)23(30)16-6-4-3-5-7-16/h8-9,14-16,19H,2-7,10-13H2,1H3,(H,24,25)(H,26,27,29). The van der Waals surface area contributed by atoms with Crippen LogP contribution in [0, 0.1) is 5.92 Å². The van der Waals surface area contributed by atoms with E-state index in [0.29, 0.717) is 24.2 Å². The van der Waals surface area contributed by atoms with Crippen LogP contribution in [0.3, 0.4) is 0 Å². The fourth-order valence-corrected chi connectivity index (χ4v) is 4.51. The Kier molecular flexibility index (Phi) is 6.45. The number of rotatable bonds is 5. The average molecular weight is 410 g/mol. The monoisotopic (exact) mass is 409 g/mol. The Hall–Kier alpha value is -2.70. The van der Waals surface area contributed by atoms with Crippen molar-refractivity contribution in [2.24, 2.45) is 5.92 Å². The second-order valence-electron chi connectivity index (χ2n) is 8.45. The molecule has 4 rings (SSSR count). The number of amides is 1. The molecule has 0 spiro atoms. The number of carbonyl (C=O) groups excluding carboxylic acids is 1. The van der Waals surface area contributed by atoms with Crippen LogP contribution in [0.25, 0.3) is 11.4 Å². The minimum atomic E-state index is -0.145. The van der Waals surface area contributed by atoms with E-state index >= 15 is 0 Å². The maximum atomic E-state index is 12.7. The van der Waals surface area contributed by atoms with Crippen LogP contribution in [0.15, 0.2) is 29.2 Å². The summed E-state index contributed by atoms with van der Waals surface area (Å²) in [4.78, 5) is 38.3. The number of likely N-dealkylation sites (tertiary alicyclic amines) is 1. The number of hydrogen-bond acceptors (Lipinski definition) is 5. The molecule has 3 heterocycles. The number of aromatic nitrogens is 3. The van der Waals surface area contributed by atoms with E-state index in [1.807, 2.05) is 19.1 Å². The first-order valence-corrected chi connectivity index (χ1v) is 11.2. The molecule has 1 saturated heterocycles. The summed E-state index contributed by atoms with van der Waals surface area (Å²) >= 11 is 0. The summed E-state index contributed by atoms with van der Waals surface area (Å²) in [5.41, 5.74) is 1.42. The zero-order valence-electron chi connectivity index (χ0n) is 17.7. The minimum Gasteiger partial charge on any atom is -0.367 e. The Morgan fingerprint density at radius 2 is 1.93 bits per heavy atom. The van der Waals surface area contributed by atoms with Crippen LogP contribution in [0.2, 0.25) is 0 Å². The molecule has 2 aromatic rings. The highest BCUT2D eigenvalue weighted by Gasteiger charge is 2.29. The topological polar surface area (TPSA) is 91.0 Å². The van der Waals surface area contributed by atoms with Gasteiger partial charge in [0.1, 0.15) is 11.6 Å². The molecule has 7 nitrogen and oxygen atoms in total. The van der Waals surface area contributed by atoms with Gasteiger partial charge in [-0.1, -0.05) is 26.2 Å². The number of H-pyrrole nitrogens is 1. The molecule has 1 aliphatic carbocycles. The van der Waals surface area contributed by atoms with E-state index in [1.54, 1.807) is 6.20 Å². The molecule has 7 heteroatoms. The van der Waals surface area contributed by atoms with E-state index in [0.717, 1.165) is 55.8 Å². The summed E-state index contributed by atoms with van der Waals surface area (Å²) in [6.07, 6.45) is 10.1.